The van der Waals surface area contributed by atoms with Crippen molar-refractivity contribution >= 4 is 0 Å². The Balaban J connectivity index is 2.59. The second-order valence-corrected chi connectivity index (χ2v) is 3.05. The van der Waals surface area contributed by atoms with E-state index in [-0.39, 0.29) is 6.10 Å². The number of hydrogen-bond donors (Lipinski definition) is 1. The predicted octanol–water partition coefficient (Wildman–Crippen LogP) is 2.42. The zero-order chi connectivity index (χ0) is 8.10. The summed E-state index contributed by atoms with van der Waals surface area (Å²) in [6, 6.07) is 0. The van der Waals surface area contributed by atoms with Crippen molar-refractivity contribution in [3.8, 4) is 0 Å². The topological polar surface area (TPSA) is 20.2 Å². The molecule has 0 aliphatic heterocycles. The van der Waals surface area contributed by atoms with Crippen LogP contribution in [-0.2, 0) is 0 Å². The van der Waals surface area contributed by atoms with Gasteiger partial charge in [0.1, 0.15) is 0 Å². The Morgan fingerprint density at radius 3 is 3.09 bits per heavy atom. The lowest BCUT2D eigenvalue weighted by molar-refractivity contribution is 0.211. The van der Waals surface area contributed by atoms with Crippen molar-refractivity contribution in [3.63, 3.8) is 0 Å². The molecule has 1 aliphatic rings. The highest BCUT2D eigenvalue weighted by molar-refractivity contribution is 5.20. The Bertz CT molecular complexity index is 168. The van der Waals surface area contributed by atoms with E-state index < -0.39 is 0 Å². The van der Waals surface area contributed by atoms with Crippen LogP contribution in [0.4, 0.5) is 0 Å². The molecule has 1 rings (SSSR count). The van der Waals surface area contributed by atoms with Gasteiger partial charge < -0.3 is 5.11 Å². The van der Waals surface area contributed by atoms with E-state index in [9.17, 15) is 5.11 Å². The quantitative estimate of drug-likeness (QED) is 0.611. The highest BCUT2D eigenvalue weighted by atomic mass is 16.3. The summed E-state index contributed by atoms with van der Waals surface area (Å²) in [5.41, 5.74) is 1.29. The summed E-state index contributed by atoms with van der Waals surface area (Å²) in [5.74, 6) is 0. The van der Waals surface area contributed by atoms with Crippen molar-refractivity contribution in [1.29, 1.82) is 0 Å². The van der Waals surface area contributed by atoms with Crippen LogP contribution >= 0.6 is 0 Å². The van der Waals surface area contributed by atoms with Crippen LogP contribution in [0.15, 0.2) is 23.8 Å². The normalized spacial score (nSPS) is 26.7. The molecule has 0 unspecified atom stereocenters. The second kappa shape index (κ2) is 4.35. The molecule has 0 amide bonds. The summed E-state index contributed by atoms with van der Waals surface area (Å²) >= 11 is 0. The van der Waals surface area contributed by atoms with Crippen LogP contribution in [0.3, 0.4) is 0 Å². The minimum absolute atomic E-state index is 0.205. The van der Waals surface area contributed by atoms with E-state index >= 15 is 0 Å². The number of hydrogen-bond acceptors (Lipinski definition) is 1. The summed E-state index contributed by atoms with van der Waals surface area (Å²) in [6.45, 7) is 2.01. The molecule has 0 heterocycles. The molecule has 0 bridgehead atoms. The van der Waals surface area contributed by atoms with Gasteiger partial charge >= 0.3 is 0 Å². The molecule has 1 heteroatoms. The standard InChI is InChI=1S/C10H16O/c1-2-5-9-6-3-4-7-10(11)8-9/h2,5,8,10-11H,3-4,6-7H2,1H3/b5-2-/t10-/m1/s1. The van der Waals surface area contributed by atoms with Gasteiger partial charge in [0.25, 0.3) is 0 Å². The zero-order valence-electron chi connectivity index (χ0n) is 7.09. The van der Waals surface area contributed by atoms with Crippen molar-refractivity contribution in [3.05, 3.63) is 23.8 Å². The zero-order valence-corrected chi connectivity index (χ0v) is 7.09. The molecular formula is C10H16O. The van der Waals surface area contributed by atoms with Crippen LogP contribution in [-0.4, -0.2) is 11.2 Å². The molecule has 0 saturated heterocycles. The Morgan fingerprint density at radius 2 is 2.36 bits per heavy atom. The van der Waals surface area contributed by atoms with Gasteiger partial charge in [-0.3, -0.25) is 0 Å². The van der Waals surface area contributed by atoms with E-state index in [0.29, 0.717) is 0 Å². The van der Waals surface area contributed by atoms with Crippen molar-refractivity contribution in [1.82, 2.24) is 0 Å². The van der Waals surface area contributed by atoms with E-state index in [4.69, 9.17) is 0 Å². The van der Waals surface area contributed by atoms with E-state index in [1.54, 1.807) is 0 Å². The van der Waals surface area contributed by atoms with Gasteiger partial charge in [0.15, 0.2) is 0 Å². The third kappa shape index (κ3) is 2.89. The summed E-state index contributed by atoms with van der Waals surface area (Å²) in [6.07, 6.45) is 10.3. The van der Waals surface area contributed by atoms with Crippen LogP contribution in [0.25, 0.3) is 0 Å². The first-order valence-corrected chi connectivity index (χ1v) is 4.34. The molecular weight excluding hydrogens is 136 g/mol. The summed E-state index contributed by atoms with van der Waals surface area (Å²) < 4.78 is 0. The largest absolute Gasteiger partial charge is 0.389 e. The molecule has 0 saturated carbocycles. The van der Waals surface area contributed by atoms with Gasteiger partial charge in [0.05, 0.1) is 6.10 Å². The minimum atomic E-state index is -0.205. The molecule has 1 N–H and O–H groups in total. The molecule has 1 aliphatic carbocycles. The van der Waals surface area contributed by atoms with Gasteiger partial charge in [-0.1, -0.05) is 24.6 Å². The Morgan fingerprint density at radius 1 is 1.55 bits per heavy atom. The van der Waals surface area contributed by atoms with E-state index in [0.717, 1.165) is 19.3 Å². The fourth-order valence-electron chi connectivity index (χ4n) is 1.45. The molecule has 11 heavy (non-hydrogen) atoms. The highest BCUT2D eigenvalue weighted by Crippen LogP contribution is 2.18. The van der Waals surface area contributed by atoms with E-state index in [1.165, 1.54) is 12.0 Å². The third-order valence-electron chi connectivity index (χ3n) is 2.00. The lowest BCUT2D eigenvalue weighted by Crippen LogP contribution is -1.99. The monoisotopic (exact) mass is 152 g/mol. The van der Waals surface area contributed by atoms with Crippen LogP contribution in [0.5, 0.6) is 0 Å². The van der Waals surface area contributed by atoms with Crippen LogP contribution < -0.4 is 0 Å². The molecule has 0 fully saturated rings. The maximum Gasteiger partial charge on any atom is 0.0726 e. The van der Waals surface area contributed by atoms with Crippen molar-refractivity contribution < 1.29 is 5.11 Å². The SMILES string of the molecule is C/C=C\C1=C[C@H](O)CCCC1. The fourth-order valence-corrected chi connectivity index (χ4v) is 1.45. The van der Waals surface area contributed by atoms with Gasteiger partial charge in [-0.05, 0) is 31.8 Å². The summed E-state index contributed by atoms with van der Waals surface area (Å²) in [4.78, 5) is 0. The maximum absolute atomic E-state index is 9.38. The summed E-state index contributed by atoms with van der Waals surface area (Å²) in [5, 5.41) is 9.38. The first-order chi connectivity index (χ1) is 5.33. The maximum atomic E-state index is 9.38. The molecule has 0 aromatic carbocycles. The predicted molar refractivity (Wildman–Crippen MR) is 47.4 cm³/mol. The molecule has 0 spiro atoms. The first-order valence-electron chi connectivity index (χ1n) is 4.34. The molecule has 1 atom stereocenters. The van der Waals surface area contributed by atoms with Gasteiger partial charge in [0.2, 0.25) is 0 Å². The second-order valence-electron chi connectivity index (χ2n) is 3.05. The Hall–Kier alpha value is -0.560. The molecule has 0 radical (unpaired) electrons. The molecule has 0 aromatic rings. The minimum Gasteiger partial charge on any atom is -0.389 e. The number of aliphatic hydroxyl groups excluding tert-OH is 1. The lowest BCUT2D eigenvalue weighted by Gasteiger charge is -1.99. The number of allylic oxidation sites excluding steroid dienone is 3. The van der Waals surface area contributed by atoms with Crippen molar-refractivity contribution in [2.75, 3.05) is 0 Å². The van der Waals surface area contributed by atoms with Crippen molar-refractivity contribution in [2.24, 2.45) is 0 Å². The fraction of sp³-hybridized carbons (Fsp3) is 0.600. The smallest absolute Gasteiger partial charge is 0.0726 e. The van der Waals surface area contributed by atoms with Gasteiger partial charge in [-0.15, -0.1) is 0 Å². The van der Waals surface area contributed by atoms with E-state index in [1.807, 2.05) is 19.1 Å². The van der Waals surface area contributed by atoms with Crippen LogP contribution in [0.1, 0.15) is 32.6 Å². The van der Waals surface area contributed by atoms with Crippen LogP contribution in [0, 0.1) is 0 Å². The Labute approximate surface area is 68.4 Å². The van der Waals surface area contributed by atoms with E-state index in [2.05, 4.69) is 6.08 Å². The van der Waals surface area contributed by atoms with Gasteiger partial charge in [-0.2, -0.15) is 0 Å². The summed E-state index contributed by atoms with van der Waals surface area (Å²) in [7, 11) is 0. The Kier molecular flexibility index (Phi) is 3.37. The average Bonchev–Trinajstić information content (AvgIpc) is 2.15. The first kappa shape index (κ1) is 8.54. The molecule has 62 valence electrons. The molecule has 0 aromatic heterocycles. The molecule has 1 nitrogen and oxygen atoms in total. The van der Waals surface area contributed by atoms with Gasteiger partial charge in [-0.25, -0.2) is 0 Å². The van der Waals surface area contributed by atoms with Gasteiger partial charge in [0, 0.05) is 0 Å². The van der Waals surface area contributed by atoms with Crippen molar-refractivity contribution in [2.45, 2.75) is 38.7 Å². The third-order valence-corrected chi connectivity index (χ3v) is 2.00. The van der Waals surface area contributed by atoms with Crippen LogP contribution in [0.2, 0.25) is 0 Å². The highest BCUT2D eigenvalue weighted by Gasteiger charge is 2.06. The lowest BCUT2D eigenvalue weighted by atomic mass is 10.1. The average molecular weight is 152 g/mol. The number of rotatable bonds is 1. The number of aliphatic hydroxyl groups is 1.